The molecular weight excluding hydrogens is 200 g/mol. The van der Waals surface area contributed by atoms with Gasteiger partial charge >= 0.3 is 0 Å². The van der Waals surface area contributed by atoms with Crippen molar-refractivity contribution in [3.05, 3.63) is 0 Å². The summed E-state index contributed by atoms with van der Waals surface area (Å²) >= 11 is 0. The lowest BCUT2D eigenvalue weighted by molar-refractivity contribution is -0.130. The predicted molar refractivity (Wildman–Crippen MR) is 67.4 cm³/mol. The molecule has 0 aromatic heterocycles. The van der Waals surface area contributed by atoms with Crippen LogP contribution >= 0.6 is 0 Å². The molecule has 0 saturated carbocycles. The van der Waals surface area contributed by atoms with Crippen molar-refractivity contribution < 1.29 is 4.79 Å². The molecule has 0 radical (unpaired) electrons. The number of rotatable bonds is 7. The van der Waals surface area contributed by atoms with Crippen LogP contribution < -0.4 is 5.32 Å². The number of carbonyl (C=O) groups excluding carboxylic acids is 1. The summed E-state index contributed by atoms with van der Waals surface area (Å²) < 4.78 is 0. The van der Waals surface area contributed by atoms with Gasteiger partial charge in [0.15, 0.2) is 0 Å². The van der Waals surface area contributed by atoms with E-state index in [0.717, 1.165) is 32.1 Å². The Hall–Kier alpha value is -0.570. The number of hydrogen-bond donors (Lipinski definition) is 1. The largest absolute Gasteiger partial charge is 0.343 e. The maximum atomic E-state index is 11.7. The molecule has 3 nitrogen and oxygen atoms in total. The minimum absolute atomic E-state index is 0.327. The molecule has 94 valence electrons. The summed E-state index contributed by atoms with van der Waals surface area (Å²) in [6, 6.07) is 0. The molecule has 1 heterocycles. The van der Waals surface area contributed by atoms with Crippen LogP contribution in [-0.2, 0) is 4.79 Å². The van der Waals surface area contributed by atoms with Gasteiger partial charge < -0.3 is 10.2 Å². The van der Waals surface area contributed by atoms with E-state index >= 15 is 0 Å². The Morgan fingerprint density at radius 3 is 2.69 bits per heavy atom. The van der Waals surface area contributed by atoms with Crippen molar-refractivity contribution in [3.63, 3.8) is 0 Å². The van der Waals surface area contributed by atoms with Crippen LogP contribution in [0.3, 0.4) is 0 Å². The van der Waals surface area contributed by atoms with Crippen LogP contribution in [0.2, 0.25) is 0 Å². The normalized spacial score (nSPS) is 17.8. The molecule has 0 aliphatic carbocycles. The van der Waals surface area contributed by atoms with Gasteiger partial charge in [0.25, 0.3) is 0 Å². The molecule has 1 saturated heterocycles. The van der Waals surface area contributed by atoms with Crippen LogP contribution in [0.5, 0.6) is 0 Å². The first-order chi connectivity index (χ1) is 7.74. The SMILES string of the molecule is CCCC(C)CNCCC(=O)N1CCCC1. The maximum absolute atomic E-state index is 11.7. The number of hydrogen-bond acceptors (Lipinski definition) is 2. The maximum Gasteiger partial charge on any atom is 0.223 e. The van der Waals surface area contributed by atoms with Gasteiger partial charge in [-0.05, 0) is 31.7 Å². The van der Waals surface area contributed by atoms with Gasteiger partial charge in [0, 0.05) is 26.1 Å². The molecule has 0 aromatic rings. The second kappa shape index (κ2) is 7.66. The first-order valence-corrected chi connectivity index (χ1v) is 6.72. The lowest BCUT2D eigenvalue weighted by Crippen LogP contribution is -2.31. The second-order valence-electron chi connectivity index (χ2n) is 4.94. The molecular formula is C13H26N2O. The molecule has 1 amide bonds. The zero-order valence-corrected chi connectivity index (χ0v) is 10.8. The summed E-state index contributed by atoms with van der Waals surface area (Å²) in [5.41, 5.74) is 0. The molecule has 0 spiro atoms. The van der Waals surface area contributed by atoms with Gasteiger partial charge in [-0.15, -0.1) is 0 Å². The average Bonchev–Trinajstić information content (AvgIpc) is 2.78. The summed E-state index contributed by atoms with van der Waals surface area (Å²) in [6.45, 7) is 8.31. The fraction of sp³-hybridized carbons (Fsp3) is 0.923. The molecule has 1 unspecified atom stereocenters. The number of carbonyl (C=O) groups is 1. The van der Waals surface area contributed by atoms with E-state index in [1.807, 2.05) is 4.90 Å². The molecule has 3 heteroatoms. The van der Waals surface area contributed by atoms with E-state index in [9.17, 15) is 4.79 Å². The first kappa shape index (κ1) is 13.5. The minimum atomic E-state index is 0.327. The van der Waals surface area contributed by atoms with E-state index in [0.29, 0.717) is 12.3 Å². The fourth-order valence-corrected chi connectivity index (χ4v) is 2.26. The molecule has 1 N–H and O–H groups in total. The highest BCUT2D eigenvalue weighted by molar-refractivity contribution is 5.76. The van der Waals surface area contributed by atoms with Crippen LogP contribution in [-0.4, -0.2) is 37.0 Å². The van der Waals surface area contributed by atoms with E-state index in [-0.39, 0.29) is 0 Å². The Bertz CT molecular complexity index is 200. The summed E-state index contributed by atoms with van der Waals surface area (Å²) in [5, 5.41) is 3.38. The topological polar surface area (TPSA) is 32.3 Å². The highest BCUT2D eigenvalue weighted by atomic mass is 16.2. The Kier molecular flexibility index (Phi) is 6.46. The Morgan fingerprint density at radius 1 is 1.38 bits per heavy atom. The van der Waals surface area contributed by atoms with Gasteiger partial charge in [-0.1, -0.05) is 20.3 Å². The Labute approximate surface area is 99.6 Å². The van der Waals surface area contributed by atoms with E-state index in [1.54, 1.807) is 0 Å². The summed E-state index contributed by atoms with van der Waals surface area (Å²) in [5.74, 6) is 1.06. The van der Waals surface area contributed by atoms with Crippen molar-refractivity contribution in [1.29, 1.82) is 0 Å². The standard InChI is InChI=1S/C13H26N2O/c1-3-6-12(2)11-14-8-7-13(16)15-9-4-5-10-15/h12,14H,3-11H2,1-2H3. The molecule has 1 fully saturated rings. The lowest BCUT2D eigenvalue weighted by Gasteiger charge is -2.16. The quantitative estimate of drug-likeness (QED) is 0.674. The Morgan fingerprint density at radius 2 is 2.06 bits per heavy atom. The molecule has 16 heavy (non-hydrogen) atoms. The number of nitrogens with one attached hydrogen (secondary N) is 1. The summed E-state index contributed by atoms with van der Waals surface area (Å²) in [6.07, 6.45) is 5.56. The van der Waals surface area contributed by atoms with E-state index in [4.69, 9.17) is 0 Å². The summed E-state index contributed by atoms with van der Waals surface area (Å²) in [7, 11) is 0. The van der Waals surface area contributed by atoms with E-state index in [2.05, 4.69) is 19.2 Å². The smallest absolute Gasteiger partial charge is 0.223 e. The number of likely N-dealkylation sites (tertiary alicyclic amines) is 1. The van der Waals surface area contributed by atoms with Crippen LogP contribution in [0.4, 0.5) is 0 Å². The number of amides is 1. The molecule has 1 rings (SSSR count). The van der Waals surface area contributed by atoms with Gasteiger partial charge in [0.05, 0.1) is 0 Å². The lowest BCUT2D eigenvalue weighted by atomic mass is 10.1. The average molecular weight is 226 g/mol. The number of nitrogens with zero attached hydrogens (tertiary/aromatic N) is 1. The van der Waals surface area contributed by atoms with E-state index < -0.39 is 0 Å². The van der Waals surface area contributed by atoms with Crippen molar-refractivity contribution in [3.8, 4) is 0 Å². The van der Waals surface area contributed by atoms with Gasteiger partial charge in [-0.2, -0.15) is 0 Å². The third-order valence-electron chi connectivity index (χ3n) is 3.25. The van der Waals surface area contributed by atoms with Gasteiger partial charge in [-0.25, -0.2) is 0 Å². The highest BCUT2D eigenvalue weighted by Gasteiger charge is 2.16. The molecule has 0 aromatic carbocycles. The van der Waals surface area contributed by atoms with Gasteiger partial charge in [0.1, 0.15) is 0 Å². The second-order valence-corrected chi connectivity index (χ2v) is 4.94. The first-order valence-electron chi connectivity index (χ1n) is 6.72. The van der Waals surface area contributed by atoms with Gasteiger partial charge in [-0.3, -0.25) is 4.79 Å². The van der Waals surface area contributed by atoms with Crippen LogP contribution in [0.1, 0.15) is 46.0 Å². The Balaban J connectivity index is 1.99. The van der Waals surface area contributed by atoms with Crippen LogP contribution in [0, 0.1) is 5.92 Å². The third-order valence-corrected chi connectivity index (χ3v) is 3.25. The predicted octanol–water partition coefficient (Wildman–Crippen LogP) is 2.02. The molecule has 1 atom stereocenters. The summed E-state index contributed by atoms with van der Waals surface area (Å²) in [4.78, 5) is 13.7. The third kappa shape index (κ3) is 4.97. The fourth-order valence-electron chi connectivity index (χ4n) is 2.26. The zero-order valence-electron chi connectivity index (χ0n) is 10.8. The van der Waals surface area contributed by atoms with Crippen LogP contribution in [0.15, 0.2) is 0 Å². The zero-order chi connectivity index (χ0) is 11.8. The van der Waals surface area contributed by atoms with Crippen molar-refractivity contribution >= 4 is 5.91 Å². The molecule has 0 bridgehead atoms. The minimum Gasteiger partial charge on any atom is -0.343 e. The van der Waals surface area contributed by atoms with Crippen molar-refractivity contribution in [2.45, 2.75) is 46.0 Å². The monoisotopic (exact) mass is 226 g/mol. The van der Waals surface area contributed by atoms with E-state index in [1.165, 1.54) is 25.7 Å². The molecule has 1 aliphatic heterocycles. The van der Waals surface area contributed by atoms with Crippen molar-refractivity contribution in [2.75, 3.05) is 26.2 Å². The van der Waals surface area contributed by atoms with Gasteiger partial charge in [0.2, 0.25) is 5.91 Å². The van der Waals surface area contributed by atoms with Crippen LogP contribution in [0.25, 0.3) is 0 Å². The highest BCUT2D eigenvalue weighted by Crippen LogP contribution is 2.08. The molecule has 1 aliphatic rings. The van der Waals surface area contributed by atoms with Crippen molar-refractivity contribution in [1.82, 2.24) is 10.2 Å². The van der Waals surface area contributed by atoms with Crippen molar-refractivity contribution in [2.24, 2.45) is 5.92 Å².